The lowest BCUT2D eigenvalue weighted by atomic mass is 9.92. The highest BCUT2D eigenvalue weighted by Crippen LogP contribution is 2.51. The molecule has 2 saturated carbocycles. The molecule has 10 rings (SSSR count). The monoisotopic (exact) mass is 837 g/mol. The molecule has 2 aliphatic heterocycles. The number of fused-ring (bicyclic) bond motifs is 6. The normalized spacial score (nSPS) is 20.6. The number of carbonyl (C=O) groups is 4. The van der Waals surface area contributed by atoms with Gasteiger partial charge in [-0.2, -0.15) is 0 Å². The number of hydrogen-bond donors (Lipinski definition) is 2. The number of rotatable bonds is 11. The minimum absolute atomic E-state index is 0.0115. The summed E-state index contributed by atoms with van der Waals surface area (Å²) in [6, 6.07) is 26.5. The summed E-state index contributed by atoms with van der Waals surface area (Å²) in [5.74, 6) is -1.22. The van der Waals surface area contributed by atoms with Crippen molar-refractivity contribution in [3.05, 3.63) is 137 Å². The molecule has 3 aromatic carbocycles. The molecule has 0 spiro atoms. The van der Waals surface area contributed by atoms with Crippen LogP contribution in [0.3, 0.4) is 0 Å². The third-order valence-corrected chi connectivity index (χ3v) is 14.0. The van der Waals surface area contributed by atoms with Gasteiger partial charge in [-0.3, -0.25) is 24.2 Å². The number of carboxylic acid groups (broad SMARTS) is 2. The van der Waals surface area contributed by atoms with Crippen molar-refractivity contribution in [2.75, 3.05) is 13.6 Å². The predicted octanol–water partition coefficient (Wildman–Crippen LogP) is 7.54. The fourth-order valence-corrected chi connectivity index (χ4v) is 10.6. The summed E-state index contributed by atoms with van der Waals surface area (Å²) >= 11 is 0. The van der Waals surface area contributed by atoms with E-state index in [1.807, 2.05) is 78.4 Å². The standard InChI is InChI=1S/C26H27FN2O3.C24H25N3O3/c1-2-28(25(32)26(13-14-26)17-7-9-18(27)10-8-17)19-11-12-23-21(15-24(30)31)20-5-3-4-6-22(20)29(23)16-19;1-26(24(30)20-12-18(20)15-8-10-25-11-9-15)16-6-7-22-19(13-23(28)29)17-4-2-3-5-21(17)27(22)14-16/h3-10,19H,2,11-16H2,1H3,(H,30,31);2-5,8-11,16,18,20H,6-7,12-14H2,1H3,(H,28,29)/t19-;16-,18?,20?/m11/s1. The maximum absolute atomic E-state index is 13.7. The Morgan fingerprint density at radius 1 is 0.758 bits per heavy atom. The molecule has 12 heteroatoms. The molecule has 11 nitrogen and oxygen atoms in total. The highest BCUT2D eigenvalue weighted by atomic mass is 19.1. The highest BCUT2D eigenvalue weighted by molar-refractivity contribution is 5.93. The predicted molar refractivity (Wildman–Crippen MR) is 233 cm³/mol. The number of carboxylic acids is 2. The van der Waals surface area contributed by atoms with Crippen molar-refractivity contribution in [3.63, 3.8) is 0 Å². The van der Waals surface area contributed by atoms with E-state index >= 15 is 0 Å². The molecular weight excluding hydrogens is 786 g/mol. The van der Waals surface area contributed by atoms with Crippen LogP contribution in [-0.2, 0) is 63.4 Å². The molecule has 2 amide bonds. The fourth-order valence-electron chi connectivity index (χ4n) is 10.6. The van der Waals surface area contributed by atoms with E-state index in [4.69, 9.17) is 0 Å². The highest BCUT2D eigenvalue weighted by Gasteiger charge is 2.54. The topological polar surface area (TPSA) is 138 Å². The van der Waals surface area contributed by atoms with Gasteiger partial charge in [0, 0.05) is 90.3 Å². The molecule has 2 fully saturated rings. The van der Waals surface area contributed by atoms with Crippen molar-refractivity contribution in [1.29, 1.82) is 0 Å². The third kappa shape index (κ3) is 7.53. The Balaban J connectivity index is 0.000000158. The lowest BCUT2D eigenvalue weighted by Gasteiger charge is -2.37. The number of amides is 2. The van der Waals surface area contributed by atoms with Gasteiger partial charge >= 0.3 is 11.9 Å². The minimum Gasteiger partial charge on any atom is -0.481 e. The van der Waals surface area contributed by atoms with Gasteiger partial charge in [0.25, 0.3) is 0 Å². The number of aromatic nitrogens is 3. The maximum atomic E-state index is 13.7. The summed E-state index contributed by atoms with van der Waals surface area (Å²) in [5, 5.41) is 20.8. The quantitative estimate of drug-likeness (QED) is 0.138. The van der Waals surface area contributed by atoms with Gasteiger partial charge in [0.15, 0.2) is 0 Å². The van der Waals surface area contributed by atoms with Crippen LogP contribution >= 0.6 is 0 Å². The number of hydrogen-bond acceptors (Lipinski definition) is 5. The SMILES string of the molecule is CCN(C(=O)C1(c2ccc(F)cc2)CC1)[C@@H]1CCc2c(CC(=O)O)c3ccccc3n2C1.CN(C(=O)C1CC1c1ccncc1)[C@@H]1CCc2c(CC(=O)O)c3ccccc3n2C1. The van der Waals surface area contributed by atoms with Gasteiger partial charge in [-0.1, -0.05) is 48.5 Å². The molecule has 62 heavy (non-hydrogen) atoms. The first-order chi connectivity index (χ1) is 30.0. The van der Waals surface area contributed by atoms with Gasteiger partial charge in [0.05, 0.1) is 18.3 Å². The van der Waals surface area contributed by atoms with E-state index in [1.54, 1.807) is 24.5 Å². The maximum Gasteiger partial charge on any atom is 0.307 e. The number of halogens is 1. The number of pyridine rings is 1. The van der Waals surface area contributed by atoms with Gasteiger partial charge in [-0.05, 0) is 116 Å². The minimum atomic E-state index is -0.827. The fraction of sp³-hybridized carbons (Fsp3) is 0.380. The lowest BCUT2D eigenvalue weighted by Crippen LogP contribution is -2.49. The molecule has 0 bridgehead atoms. The zero-order chi connectivity index (χ0) is 43.3. The molecular formula is C50H52FN5O6. The van der Waals surface area contributed by atoms with Crippen LogP contribution in [0.25, 0.3) is 21.8 Å². The van der Waals surface area contributed by atoms with Crippen LogP contribution in [0.5, 0.6) is 0 Å². The molecule has 5 heterocycles. The first kappa shape index (κ1) is 41.1. The number of benzene rings is 3. The molecule has 0 radical (unpaired) electrons. The zero-order valence-corrected chi connectivity index (χ0v) is 35.2. The number of likely N-dealkylation sites (N-methyl/N-ethyl adjacent to an activating group) is 2. The van der Waals surface area contributed by atoms with Crippen molar-refractivity contribution in [2.45, 2.75) is 101 Å². The summed E-state index contributed by atoms with van der Waals surface area (Å²) in [6.45, 7) is 4.00. The van der Waals surface area contributed by atoms with Crippen LogP contribution < -0.4 is 0 Å². The molecule has 4 aliphatic rings. The Hall–Kier alpha value is -6.30. The average molecular weight is 838 g/mol. The van der Waals surface area contributed by atoms with E-state index < -0.39 is 17.4 Å². The number of nitrogens with zero attached hydrogens (tertiary/aromatic N) is 5. The van der Waals surface area contributed by atoms with Crippen LogP contribution in [0.2, 0.25) is 0 Å². The second-order valence-corrected chi connectivity index (χ2v) is 17.5. The molecule has 2 unspecified atom stereocenters. The first-order valence-corrected chi connectivity index (χ1v) is 21.8. The van der Waals surface area contributed by atoms with Crippen LogP contribution in [0, 0.1) is 11.7 Å². The summed E-state index contributed by atoms with van der Waals surface area (Å²) in [4.78, 5) is 57.8. The van der Waals surface area contributed by atoms with E-state index in [1.165, 1.54) is 17.7 Å². The number of carbonyl (C=O) groups excluding carboxylic acids is 2. The van der Waals surface area contributed by atoms with Gasteiger partial charge in [-0.25, -0.2) is 4.39 Å². The molecule has 4 atom stereocenters. The lowest BCUT2D eigenvalue weighted by molar-refractivity contribution is -0.137. The molecule has 0 saturated heterocycles. The Labute approximate surface area is 359 Å². The first-order valence-electron chi connectivity index (χ1n) is 21.8. The van der Waals surface area contributed by atoms with Crippen LogP contribution in [0.15, 0.2) is 97.3 Å². The Morgan fingerprint density at radius 3 is 1.82 bits per heavy atom. The summed E-state index contributed by atoms with van der Waals surface area (Å²) < 4.78 is 17.9. The van der Waals surface area contributed by atoms with Crippen molar-refractivity contribution >= 4 is 45.6 Å². The molecule has 2 aliphatic carbocycles. The molecule has 2 N–H and O–H groups in total. The largest absolute Gasteiger partial charge is 0.481 e. The zero-order valence-electron chi connectivity index (χ0n) is 35.2. The van der Waals surface area contributed by atoms with Gasteiger partial charge in [-0.15, -0.1) is 0 Å². The van der Waals surface area contributed by atoms with E-state index in [0.717, 1.165) is 94.8 Å². The van der Waals surface area contributed by atoms with Gasteiger partial charge in [0.2, 0.25) is 11.8 Å². The second-order valence-electron chi connectivity index (χ2n) is 17.5. The van der Waals surface area contributed by atoms with Crippen molar-refractivity contribution in [1.82, 2.24) is 23.9 Å². The summed E-state index contributed by atoms with van der Waals surface area (Å²) in [6.07, 6.45) is 9.31. The van der Waals surface area contributed by atoms with Crippen LogP contribution in [0.4, 0.5) is 4.39 Å². The third-order valence-electron chi connectivity index (χ3n) is 14.0. The van der Waals surface area contributed by atoms with Crippen LogP contribution in [0.1, 0.15) is 78.6 Å². The van der Waals surface area contributed by atoms with E-state index in [-0.39, 0.29) is 48.5 Å². The Morgan fingerprint density at radius 2 is 1.29 bits per heavy atom. The Bertz CT molecular complexity index is 2690. The van der Waals surface area contributed by atoms with Crippen LogP contribution in [-0.4, -0.2) is 83.6 Å². The average Bonchev–Trinajstić information content (AvgIpc) is 4.22. The van der Waals surface area contributed by atoms with Crippen molar-refractivity contribution in [3.8, 4) is 0 Å². The van der Waals surface area contributed by atoms with E-state index in [2.05, 4.69) is 20.2 Å². The van der Waals surface area contributed by atoms with Gasteiger partial charge < -0.3 is 29.1 Å². The van der Waals surface area contributed by atoms with Gasteiger partial charge in [0.1, 0.15) is 5.82 Å². The molecule has 3 aromatic heterocycles. The second kappa shape index (κ2) is 16.5. The summed E-state index contributed by atoms with van der Waals surface area (Å²) in [5.41, 5.74) is 7.66. The molecule has 320 valence electrons. The summed E-state index contributed by atoms with van der Waals surface area (Å²) in [7, 11) is 1.92. The van der Waals surface area contributed by atoms with E-state index in [9.17, 15) is 33.8 Å². The number of aliphatic carboxylic acids is 2. The van der Waals surface area contributed by atoms with E-state index in [0.29, 0.717) is 25.6 Å². The smallest absolute Gasteiger partial charge is 0.307 e. The van der Waals surface area contributed by atoms with Crippen molar-refractivity contribution in [2.24, 2.45) is 5.92 Å². The number of para-hydroxylation sites is 2. The Kier molecular flexibility index (Phi) is 10.9. The molecule has 6 aromatic rings. The van der Waals surface area contributed by atoms with Crippen molar-refractivity contribution < 1.29 is 33.8 Å².